The molecule has 1 rings (SSSR count). The van der Waals surface area contributed by atoms with E-state index in [-0.39, 0.29) is 0 Å². The molecule has 1 atom stereocenters. The molecule has 0 aliphatic carbocycles. The molecule has 4 heteroatoms. The minimum absolute atomic E-state index is 0.864. The first-order chi connectivity index (χ1) is 9.76. The van der Waals surface area contributed by atoms with Gasteiger partial charge in [0.15, 0.2) is 0 Å². The van der Waals surface area contributed by atoms with Crippen LogP contribution in [0.3, 0.4) is 0 Å². The third kappa shape index (κ3) is 8.50. The standard InChI is InChI=1S/C16H34N2OS/c1-4-8-18(10-7-16(3)5-2)20-15-6-9-17-11-13-19-14-12-17/h16H,4-15H2,1-3H3. The predicted molar refractivity (Wildman–Crippen MR) is 90.3 cm³/mol. The molecule has 120 valence electrons. The van der Waals surface area contributed by atoms with Gasteiger partial charge in [0.2, 0.25) is 0 Å². The molecule has 0 radical (unpaired) electrons. The molecule has 20 heavy (non-hydrogen) atoms. The molecule has 1 unspecified atom stereocenters. The van der Waals surface area contributed by atoms with Crippen molar-refractivity contribution in [2.24, 2.45) is 5.92 Å². The van der Waals surface area contributed by atoms with Gasteiger partial charge in [-0.15, -0.1) is 0 Å². The zero-order valence-corrected chi connectivity index (χ0v) is 14.6. The van der Waals surface area contributed by atoms with E-state index < -0.39 is 0 Å². The Morgan fingerprint density at radius 1 is 1.20 bits per heavy atom. The van der Waals surface area contributed by atoms with Crippen molar-refractivity contribution in [3.8, 4) is 0 Å². The summed E-state index contributed by atoms with van der Waals surface area (Å²) in [6.07, 6.45) is 5.21. The van der Waals surface area contributed by atoms with Crippen molar-refractivity contribution in [1.29, 1.82) is 0 Å². The molecule has 0 aromatic rings. The first-order valence-electron chi connectivity index (χ1n) is 8.44. The molecule has 0 spiro atoms. The van der Waals surface area contributed by atoms with Crippen LogP contribution in [0.15, 0.2) is 0 Å². The first kappa shape index (κ1) is 18.3. The molecule has 0 amide bonds. The summed E-state index contributed by atoms with van der Waals surface area (Å²) < 4.78 is 7.97. The number of ether oxygens (including phenoxy) is 1. The van der Waals surface area contributed by atoms with Crippen molar-refractivity contribution in [3.63, 3.8) is 0 Å². The predicted octanol–water partition coefficient (Wildman–Crippen LogP) is 3.51. The van der Waals surface area contributed by atoms with Crippen LogP contribution in [0.25, 0.3) is 0 Å². The summed E-state index contributed by atoms with van der Waals surface area (Å²) in [5, 5.41) is 0. The maximum atomic E-state index is 5.39. The summed E-state index contributed by atoms with van der Waals surface area (Å²) in [6, 6.07) is 0. The zero-order valence-electron chi connectivity index (χ0n) is 13.8. The van der Waals surface area contributed by atoms with Gasteiger partial charge < -0.3 is 4.74 Å². The minimum atomic E-state index is 0.864. The van der Waals surface area contributed by atoms with Gasteiger partial charge in [0.1, 0.15) is 0 Å². The van der Waals surface area contributed by atoms with Crippen LogP contribution >= 0.6 is 11.9 Å². The lowest BCUT2D eigenvalue weighted by molar-refractivity contribution is 0.0381. The molecule has 0 saturated carbocycles. The number of hydrogen-bond acceptors (Lipinski definition) is 4. The highest BCUT2D eigenvalue weighted by atomic mass is 32.2. The second-order valence-electron chi connectivity index (χ2n) is 5.87. The monoisotopic (exact) mass is 302 g/mol. The molecule has 0 aromatic carbocycles. The fourth-order valence-corrected chi connectivity index (χ4v) is 3.43. The molecule has 0 bridgehead atoms. The summed E-state index contributed by atoms with van der Waals surface area (Å²) in [6.45, 7) is 14.8. The van der Waals surface area contributed by atoms with Crippen molar-refractivity contribution in [3.05, 3.63) is 0 Å². The van der Waals surface area contributed by atoms with Gasteiger partial charge in [-0.3, -0.25) is 9.21 Å². The summed E-state index contributed by atoms with van der Waals surface area (Å²) >= 11 is 2.06. The van der Waals surface area contributed by atoms with Crippen LogP contribution in [0.2, 0.25) is 0 Å². The molecule has 1 fully saturated rings. The second-order valence-corrected chi connectivity index (χ2v) is 7.05. The average molecular weight is 303 g/mol. The summed E-state index contributed by atoms with van der Waals surface area (Å²) in [5.74, 6) is 2.13. The first-order valence-corrected chi connectivity index (χ1v) is 9.38. The van der Waals surface area contributed by atoms with E-state index in [9.17, 15) is 0 Å². The van der Waals surface area contributed by atoms with Crippen molar-refractivity contribution in [2.75, 3.05) is 51.7 Å². The normalized spacial score (nSPS) is 18.6. The molecule has 1 heterocycles. The van der Waals surface area contributed by atoms with Gasteiger partial charge in [-0.05, 0) is 31.7 Å². The molecule has 0 aromatic heterocycles. The Balaban J connectivity index is 2.08. The highest BCUT2D eigenvalue weighted by Crippen LogP contribution is 2.16. The number of nitrogens with zero attached hydrogens (tertiary/aromatic N) is 2. The van der Waals surface area contributed by atoms with Gasteiger partial charge in [0, 0.05) is 31.9 Å². The van der Waals surface area contributed by atoms with Crippen LogP contribution in [-0.2, 0) is 4.74 Å². The summed E-state index contributed by atoms with van der Waals surface area (Å²) in [7, 11) is 0. The maximum Gasteiger partial charge on any atom is 0.0594 e. The SMILES string of the molecule is CCCN(CCC(C)CC)SCCCN1CCOCC1. The Labute approximate surface area is 130 Å². The van der Waals surface area contributed by atoms with Crippen LogP contribution in [-0.4, -0.2) is 60.9 Å². The van der Waals surface area contributed by atoms with E-state index >= 15 is 0 Å². The van der Waals surface area contributed by atoms with E-state index in [1.807, 2.05) is 0 Å². The molecule has 1 saturated heterocycles. The lowest BCUT2D eigenvalue weighted by atomic mass is 10.1. The fourth-order valence-electron chi connectivity index (χ4n) is 2.37. The van der Waals surface area contributed by atoms with Crippen LogP contribution in [0.5, 0.6) is 0 Å². The van der Waals surface area contributed by atoms with Crippen LogP contribution < -0.4 is 0 Å². The van der Waals surface area contributed by atoms with Crippen molar-refractivity contribution >= 4 is 11.9 Å². The lowest BCUT2D eigenvalue weighted by Crippen LogP contribution is -2.37. The second kappa shape index (κ2) is 11.8. The van der Waals surface area contributed by atoms with Crippen molar-refractivity contribution in [1.82, 2.24) is 9.21 Å². The van der Waals surface area contributed by atoms with Crippen LogP contribution in [0.1, 0.15) is 46.5 Å². The molecular formula is C16H34N2OS. The number of rotatable bonds is 11. The molecule has 0 N–H and O–H groups in total. The lowest BCUT2D eigenvalue weighted by Gasteiger charge is -2.27. The van der Waals surface area contributed by atoms with E-state index in [1.165, 1.54) is 51.1 Å². The van der Waals surface area contributed by atoms with E-state index in [0.29, 0.717) is 0 Å². The largest absolute Gasteiger partial charge is 0.379 e. The molecule has 3 nitrogen and oxygen atoms in total. The molecular weight excluding hydrogens is 268 g/mol. The summed E-state index contributed by atoms with van der Waals surface area (Å²) in [5.41, 5.74) is 0. The fraction of sp³-hybridized carbons (Fsp3) is 1.00. The van der Waals surface area contributed by atoms with Gasteiger partial charge in [0.05, 0.1) is 13.2 Å². The third-order valence-electron chi connectivity index (χ3n) is 4.04. The van der Waals surface area contributed by atoms with Gasteiger partial charge in [-0.25, -0.2) is 0 Å². The van der Waals surface area contributed by atoms with Crippen molar-refractivity contribution in [2.45, 2.75) is 46.5 Å². The Kier molecular flexibility index (Phi) is 10.8. The highest BCUT2D eigenvalue weighted by molar-refractivity contribution is 7.97. The van der Waals surface area contributed by atoms with Gasteiger partial charge in [-0.2, -0.15) is 0 Å². The maximum absolute atomic E-state index is 5.39. The van der Waals surface area contributed by atoms with Gasteiger partial charge in [-0.1, -0.05) is 39.1 Å². The zero-order chi connectivity index (χ0) is 14.6. The van der Waals surface area contributed by atoms with Gasteiger partial charge >= 0.3 is 0 Å². The smallest absolute Gasteiger partial charge is 0.0594 e. The van der Waals surface area contributed by atoms with Gasteiger partial charge in [0.25, 0.3) is 0 Å². The van der Waals surface area contributed by atoms with Crippen molar-refractivity contribution < 1.29 is 4.74 Å². The Morgan fingerprint density at radius 2 is 1.95 bits per heavy atom. The van der Waals surface area contributed by atoms with E-state index in [4.69, 9.17) is 4.74 Å². The molecule has 1 aliphatic heterocycles. The third-order valence-corrected chi connectivity index (χ3v) is 5.24. The molecule has 1 aliphatic rings. The van der Waals surface area contributed by atoms with Crippen LogP contribution in [0, 0.1) is 5.92 Å². The minimum Gasteiger partial charge on any atom is -0.379 e. The number of hydrogen-bond donors (Lipinski definition) is 0. The quantitative estimate of drug-likeness (QED) is 0.428. The Bertz CT molecular complexity index is 223. The number of morpholine rings is 1. The topological polar surface area (TPSA) is 15.7 Å². The van der Waals surface area contributed by atoms with E-state index in [0.717, 1.165) is 32.2 Å². The highest BCUT2D eigenvalue weighted by Gasteiger charge is 2.10. The average Bonchev–Trinajstić information content (AvgIpc) is 2.49. The van der Waals surface area contributed by atoms with E-state index in [2.05, 4.69) is 41.9 Å². The summed E-state index contributed by atoms with van der Waals surface area (Å²) in [4.78, 5) is 2.54. The Hall–Kier alpha value is 0.230. The van der Waals surface area contributed by atoms with Crippen LogP contribution in [0.4, 0.5) is 0 Å². The Morgan fingerprint density at radius 3 is 2.60 bits per heavy atom. The van der Waals surface area contributed by atoms with E-state index in [1.54, 1.807) is 0 Å².